The molecular formula is C53H57I5O17. The number of ether oxygens (including phenoxy) is 9. The van der Waals surface area contributed by atoms with Gasteiger partial charge in [0.15, 0.2) is 63.8 Å². The predicted octanol–water partition coefficient (Wildman–Crippen LogP) is 13.4. The fourth-order valence-electron chi connectivity index (χ4n) is 5.25. The van der Waals surface area contributed by atoms with Crippen molar-refractivity contribution in [3.63, 3.8) is 0 Å². The zero-order chi connectivity index (χ0) is 57.4. The molecule has 0 bridgehead atoms. The van der Waals surface area contributed by atoms with Gasteiger partial charge in [-0.3, -0.25) is 0 Å². The van der Waals surface area contributed by atoms with Gasteiger partial charge in [-0.15, -0.1) is 0 Å². The maximum Gasteiger partial charge on any atom is 0.338 e. The Hall–Kier alpha value is -5.05. The molecule has 0 heterocycles. The van der Waals surface area contributed by atoms with E-state index in [0.717, 1.165) is 18.3 Å². The first-order chi connectivity index (χ1) is 35.2. The maximum atomic E-state index is 11.3. The minimum Gasteiger partial charge on any atom is -0.504 e. The highest BCUT2D eigenvalue weighted by Gasteiger charge is 2.21. The van der Waals surface area contributed by atoms with Gasteiger partial charge in [0.1, 0.15) is 5.75 Å². The first kappa shape index (κ1) is 68.0. The van der Waals surface area contributed by atoms with Crippen LogP contribution in [0, 0.1) is 17.9 Å². The number of phenolic OH excluding ortho intramolecular Hbond substituents is 6. The second-order valence-corrected chi connectivity index (χ2v) is 20.2. The molecular weight excluding hydrogens is 1540 g/mol. The molecule has 1 unspecified atom stereocenters. The molecule has 0 saturated heterocycles. The van der Waals surface area contributed by atoms with Gasteiger partial charge in [-0.1, -0.05) is 51.1 Å². The lowest BCUT2D eigenvalue weighted by atomic mass is 10.1. The second kappa shape index (κ2) is 33.9. The topological polar surface area (TPSA) is 239 Å². The van der Waals surface area contributed by atoms with Gasteiger partial charge in [-0.25, -0.2) is 9.59 Å². The van der Waals surface area contributed by atoms with Gasteiger partial charge in [0, 0.05) is 35.4 Å². The van der Waals surface area contributed by atoms with Gasteiger partial charge in [-0.05, 0) is 188 Å². The predicted molar refractivity (Wildman–Crippen MR) is 331 cm³/mol. The third-order valence-electron chi connectivity index (χ3n) is 9.00. The van der Waals surface area contributed by atoms with Crippen LogP contribution in [0.15, 0.2) is 92.6 Å². The van der Waals surface area contributed by atoms with E-state index in [1.807, 2.05) is 122 Å². The van der Waals surface area contributed by atoms with Crippen LogP contribution >= 0.6 is 113 Å². The molecule has 5 aromatic rings. The summed E-state index contributed by atoms with van der Waals surface area (Å²) >= 11 is 9.95. The average molecular weight is 1600 g/mol. The van der Waals surface area contributed by atoms with Gasteiger partial charge in [0.05, 0.1) is 53.4 Å². The molecule has 0 fully saturated rings. The number of benzene rings is 5. The molecule has 22 heteroatoms. The van der Waals surface area contributed by atoms with Crippen molar-refractivity contribution < 1.29 is 82.9 Å². The summed E-state index contributed by atoms with van der Waals surface area (Å²) in [5, 5.41) is 57.4. The number of esters is 2. The van der Waals surface area contributed by atoms with E-state index in [4.69, 9.17) is 42.6 Å². The molecule has 0 aliphatic rings. The molecule has 0 radical (unpaired) electrons. The fourth-order valence-corrected chi connectivity index (χ4v) is 8.31. The largest absolute Gasteiger partial charge is 0.504 e. The molecule has 0 saturated carbocycles. The van der Waals surface area contributed by atoms with Gasteiger partial charge in [-0.2, -0.15) is 0 Å². The minimum atomic E-state index is -0.663. The van der Waals surface area contributed by atoms with Crippen molar-refractivity contribution in [1.82, 2.24) is 0 Å². The first-order valence-electron chi connectivity index (χ1n) is 21.2. The number of hydrogen-bond donors (Lipinski definition) is 6. The molecule has 17 nitrogen and oxygen atoms in total. The molecule has 0 aliphatic carbocycles. The lowest BCUT2D eigenvalue weighted by Crippen LogP contribution is -2.17. The van der Waals surface area contributed by atoms with Crippen LogP contribution in [0.5, 0.6) is 80.5 Å². The van der Waals surface area contributed by atoms with Crippen molar-refractivity contribution in [3.8, 4) is 80.5 Å². The Kier molecular flexibility index (Phi) is 30.7. The number of hydrogen-bond acceptors (Lipinski definition) is 17. The Morgan fingerprint density at radius 1 is 0.507 bits per heavy atom. The summed E-state index contributed by atoms with van der Waals surface area (Å²) in [4.78, 5) is 22.6. The van der Waals surface area contributed by atoms with E-state index in [1.165, 1.54) is 53.6 Å². The lowest BCUT2D eigenvalue weighted by molar-refractivity contribution is -0.131. The summed E-state index contributed by atoms with van der Waals surface area (Å²) in [6.45, 7) is 25.3. The summed E-state index contributed by atoms with van der Waals surface area (Å²) in [6, 6.07) is 13.4. The molecule has 1 atom stereocenters. The van der Waals surface area contributed by atoms with E-state index >= 15 is 0 Å². The van der Waals surface area contributed by atoms with Crippen molar-refractivity contribution >= 4 is 143 Å². The standard InChI is InChI=1S/C13H17IO3.C11H11IO5.C11H11IO4.C9H9IO3.C9H9IO2/c1-5-10-7-11(14)13(12(8-10)15-4)17-9(3)16-6-2;1-5(2)11(15)17-7-4-6(12)8(13)10(16-3)9(7)14;1-6(2)11(14)16-7-4-8(12)10(13)9(5-7)15-3;1-3-5-4-6(10)8(12)9(13-2)7(5)11;1-3-6-4-7(10)9(11)8(5-6)12-2/h5,7-9H,1,6H2,2-4H3;4,13-14H,1H2,2-3H3;4-5,13H,1H2,2-3H3;3-4,11-12H,1H2,2H3;3-5,11H,1H2,2H3. The number of aromatic hydroxyl groups is 6. The molecule has 5 aromatic carbocycles. The molecule has 5 rings (SSSR count). The van der Waals surface area contributed by atoms with Crippen molar-refractivity contribution in [2.45, 2.75) is 34.0 Å². The first-order valence-corrected chi connectivity index (χ1v) is 26.6. The van der Waals surface area contributed by atoms with Crippen molar-refractivity contribution in [1.29, 1.82) is 0 Å². The van der Waals surface area contributed by atoms with E-state index in [9.17, 15) is 40.2 Å². The highest BCUT2D eigenvalue weighted by Crippen LogP contribution is 2.46. The lowest BCUT2D eigenvalue weighted by Gasteiger charge is -2.18. The van der Waals surface area contributed by atoms with Gasteiger partial charge in [0.25, 0.3) is 0 Å². The number of carbonyl (C=O) groups is 2. The number of phenols is 6. The van der Waals surface area contributed by atoms with E-state index in [2.05, 4.69) is 55.5 Å². The van der Waals surface area contributed by atoms with Crippen LogP contribution in [0.4, 0.5) is 0 Å². The molecule has 0 amide bonds. The third kappa shape index (κ3) is 20.8. The van der Waals surface area contributed by atoms with Gasteiger partial charge >= 0.3 is 11.9 Å². The van der Waals surface area contributed by atoms with E-state index < -0.39 is 17.7 Å². The average Bonchev–Trinajstić information content (AvgIpc) is 3.37. The smallest absolute Gasteiger partial charge is 0.338 e. The quantitative estimate of drug-likeness (QED) is 0.0177. The van der Waals surface area contributed by atoms with Crippen LogP contribution < -0.4 is 37.9 Å². The van der Waals surface area contributed by atoms with Gasteiger partial charge < -0.3 is 73.3 Å². The Bertz CT molecular complexity index is 2850. The number of rotatable bonds is 16. The monoisotopic (exact) mass is 1600 g/mol. The summed E-state index contributed by atoms with van der Waals surface area (Å²) in [5.41, 5.74) is 2.99. The van der Waals surface area contributed by atoms with Gasteiger partial charge in [0.2, 0.25) is 17.2 Å². The summed E-state index contributed by atoms with van der Waals surface area (Å²) in [7, 11) is 7.25. The number of carbonyl (C=O) groups excluding carboxylic acids is 2. The SMILES string of the molecule is C=C(C)C(=O)Oc1cc(I)c(O)c(OC)c1.C=C(C)C(=O)Oc1cc(I)c(O)c(OC)c1O.C=Cc1cc(I)c(O)c(OC)c1.C=Cc1cc(I)c(O)c(OC)c1O.C=Cc1cc(I)c(OC(C)OCC)c(OC)c1. The zero-order valence-electron chi connectivity index (χ0n) is 42.2. The van der Waals surface area contributed by atoms with Crippen molar-refractivity contribution in [3.05, 3.63) is 127 Å². The van der Waals surface area contributed by atoms with Crippen LogP contribution in [0.3, 0.4) is 0 Å². The van der Waals surface area contributed by atoms with E-state index in [0.29, 0.717) is 51.5 Å². The third-order valence-corrected chi connectivity index (χ3v) is 13.1. The van der Waals surface area contributed by atoms with Crippen LogP contribution in [-0.2, 0) is 14.3 Å². The zero-order valence-corrected chi connectivity index (χ0v) is 53.0. The summed E-state index contributed by atoms with van der Waals surface area (Å²) in [6.07, 6.45) is 4.70. The normalized spacial score (nSPS) is 10.2. The highest BCUT2D eigenvalue weighted by molar-refractivity contribution is 14.1. The van der Waals surface area contributed by atoms with Crippen molar-refractivity contribution in [2.75, 3.05) is 42.2 Å². The summed E-state index contributed by atoms with van der Waals surface area (Å²) in [5.74, 6) is 0.579. The maximum absolute atomic E-state index is 11.3. The second-order valence-electron chi connectivity index (χ2n) is 14.4. The van der Waals surface area contributed by atoms with Crippen molar-refractivity contribution in [2.24, 2.45) is 0 Å². The fraction of sp³-hybridized carbons (Fsp3) is 0.208. The molecule has 0 aliphatic heterocycles. The molecule has 406 valence electrons. The van der Waals surface area contributed by atoms with Crippen LogP contribution in [0.25, 0.3) is 18.2 Å². The highest BCUT2D eigenvalue weighted by atomic mass is 127. The Morgan fingerprint density at radius 2 is 0.933 bits per heavy atom. The molecule has 6 N–H and O–H groups in total. The van der Waals surface area contributed by atoms with Crippen LogP contribution in [0.1, 0.15) is 44.4 Å². The number of methoxy groups -OCH3 is 5. The van der Waals surface area contributed by atoms with Crippen LogP contribution in [-0.4, -0.2) is 91.0 Å². The molecule has 0 aromatic heterocycles. The van der Waals surface area contributed by atoms with E-state index in [1.54, 1.807) is 44.4 Å². The molecule has 75 heavy (non-hydrogen) atoms. The Labute approximate surface area is 504 Å². The minimum absolute atomic E-state index is 0.0261. The number of halogens is 5. The van der Waals surface area contributed by atoms with E-state index in [-0.39, 0.29) is 63.6 Å². The Morgan fingerprint density at radius 3 is 1.39 bits per heavy atom. The molecule has 0 spiro atoms. The summed E-state index contributed by atoms with van der Waals surface area (Å²) < 4.78 is 49.2. The van der Waals surface area contributed by atoms with Crippen LogP contribution in [0.2, 0.25) is 0 Å². The Balaban J connectivity index is 0.000000472.